The molecule has 162 valence electrons. The second-order valence-corrected chi connectivity index (χ2v) is 9.17. The highest BCUT2D eigenvalue weighted by atomic mass is 32.2. The molecule has 2 amide bonds. The molecule has 0 saturated carbocycles. The van der Waals surface area contributed by atoms with Crippen LogP contribution in [0.2, 0.25) is 0 Å². The van der Waals surface area contributed by atoms with Gasteiger partial charge in [-0.25, -0.2) is 17.9 Å². The molecule has 0 radical (unpaired) electrons. The number of likely N-dealkylation sites (tertiary alicyclic amines) is 1. The molecule has 0 unspecified atom stereocenters. The van der Waals surface area contributed by atoms with E-state index in [-0.39, 0.29) is 35.9 Å². The van der Waals surface area contributed by atoms with Gasteiger partial charge >= 0.3 is 6.09 Å². The van der Waals surface area contributed by atoms with Crippen molar-refractivity contribution in [2.24, 2.45) is 0 Å². The van der Waals surface area contributed by atoms with Crippen LogP contribution in [0.5, 0.6) is 0 Å². The molecule has 29 heavy (non-hydrogen) atoms. The molecule has 0 aliphatic carbocycles. The number of carbonyl (C=O) groups is 2. The highest BCUT2D eigenvalue weighted by molar-refractivity contribution is 7.89. The second-order valence-electron chi connectivity index (χ2n) is 7.40. The summed E-state index contributed by atoms with van der Waals surface area (Å²) >= 11 is 0. The van der Waals surface area contributed by atoms with Crippen molar-refractivity contribution in [1.29, 1.82) is 0 Å². The Balaban J connectivity index is 1.73. The predicted molar refractivity (Wildman–Crippen MR) is 110 cm³/mol. The van der Waals surface area contributed by atoms with Gasteiger partial charge in [0, 0.05) is 32.1 Å². The SMILES string of the molecule is CCOC(=O)N1CCC(NC(=O)CCNS(=O)(=O)c2ccc(C(C)C)cc2)CC1. The third kappa shape index (κ3) is 7.01. The molecule has 0 bridgehead atoms. The van der Waals surface area contributed by atoms with E-state index >= 15 is 0 Å². The fourth-order valence-corrected chi connectivity index (χ4v) is 4.17. The minimum absolute atomic E-state index is 0.0200. The van der Waals surface area contributed by atoms with Crippen molar-refractivity contribution in [3.63, 3.8) is 0 Å². The van der Waals surface area contributed by atoms with Gasteiger partial charge in [0.2, 0.25) is 15.9 Å². The Morgan fingerprint density at radius 2 is 1.79 bits per heavy atom. The summed E-state index contributed by atoms with van der Waals surface area (Å²) in [5, 5.41) is 2.90. The minimum Gasteiger partial charge on any atom is -0.450 e. The van der Waals surface area contributed by atoms with Gasteiger partial charge in [0.15, 0.2) is 0 Å². The Morgan fingerprint density at radius 1 is 1.17 bits per heavy atom. The quantitative estimate of drug-likeness (QED) is 0.664. The Bertz CT molecular complexity index is 785. The lowest BCUT2D eigenvalue weighted by atomic mass is 10.0. The molecule has 0 aromatic heterocycles. The number of piperidine rings is 1. The standard InChI is InChI=1S/C20H31N3O5S/c1-4-28-20(25)23-13-10-17(11-14-23)22-19(24)9-12-21-29(26,27)18-7-5-16(6-8-18)15(2)3/h5-8,15,17,21H,4,9-14H2,1-3H3,(H,22,24). The van der Waals surface area contributed by atoms with Gasteiger partial charge in [-0.1, -0.05) is 26.0 Å². The fourth-order valence-electron chi connectivity index (χ4n) is 3.14. The van der Waals surface area contributed by atoms with Crippen LogP contribution in [0.4, 0.5) is 4.79 Å². The summed E-state index contributed by atoms with van der Waals surface area (Å²) in [6.07, 6.45) is 1.03. The highest BCUT2D eigenvalue weighted by Gasteiger charge is 2.24. The number of nitrogens with one attached hydrogen (secondary N) is 2. The van der Waals surface area contributed by atoms with Gasteiger partial charge in [-0.2, -0.15) is 0 Å². The summed E-state index contributed by atoms with van der Waals surface area (Å²) in [6, 6.07) is 6.74. The largest absolute Gasteiger partial charge is 0.450 e. The van der Waals surface area contributed by atoms with Crippen LogP contribution < -0.4 is 10.0 Å². The molecule has 1 heterocycles. The average molecular weight is 426 g/mol. The number of hydrogen-bond donors (Lipinski definition) is 2. The fraction of sp³-hybridized carbons (Fsp3) is 0.600. The maximum absolute atomic E-state index is 12.3. The first kappa shape index (κ1) is 23.2. The van der Waals surface area contributed by atoms with E-state index in [1.807, 2.05) is 13.8 Å². The van der Waals surface area contributed by atoms with Crippen LogP contribution >= 0.6 is 0 Å². The van der Waals surface area contributed by atoms with Gasteiger partial charge in [-0.15, -0.1) is 0 Å². The molecule has 1 saturated heterocycles. The predicted octanol–water partition coefficient (Wildman–Crippen LogP) is 2.22. The zero-order valence-corrected chi connectivity index (χ0v) is 18.1. The maximum Gasteiger partial charge on any atom is 0.409 e. The molecule has 1 aliphatic rings. The van der Waals surface area contributed by atoms with E-state index in [0.717, 1.165) is 5.56 Å². The van der Waals surface area contributed by atoms with Crippen molar-refractivity contribution in [1.82, 2.24) is 14.9 Å². The summed E-state index contributed by atoms with van der Waals surface area (Å²) in [6.45, 7) is 7.28. The second kappa shape index (κ2) is 10.6. The third-order valence-corrected chi connectivity index (χ3v) is 6.36. The van der Waals surface area contributed by atoms with Gasteiger partial charge in [-0.05, 0) is 43.4 Å². The molecule has 2 N–H and O–H groups in total. The molecular weight excluding hydrogens is 394 g/mol. The van der Waals surface area contributed by atoms with E-state index in [1.165, 1.54) is 0 Å². The van der Waals surface area contributed by atoms with Crippen LogP contribution in [0.1, 0.15) is 51.5 Å². The van der Waals surface area contributed by atoms with E-state index < -0.39 is 10.0 Å². The lowest BCUT2D eigenvalue weighted by Crippen LogP contribution is -2.47. The van der Waals surface area contributed by atoms with Crippen molar-refractivity contribution in [3.05, 3.63) is 29.8 Å². The van der Waals surface area contributed by atoms with Gasteiger partial charge in [0.25, 0.3) is 0 Å². The van der Waals surface area contributed by atoms with Crippen LogP contribution in [0, 0.1) is 0 Å². The topological polar surface area (TPSA) is 105 Å². The normalized spacial score (nSPS) is 15.4. The van der Waals surface area contributed by atoms with Crippen molar-refractivity contribution < 1.29 is 22.7 Å². The number of hydrogen-bond acceptors (Lipinski definition) is 5. The molecule has 1 aliphatic heterocycles. The Kier molecular flexibility index (Phi) is 8.45. The van der Waals surface area contributed by atoms with E-state index in [9.17, 15) is 18.0 Å². The number of benzene rings is 1. The molecule has 9 heteroatoms. The van der Waals surface area contributed by atoms with E-state index in [0.29, 0.717) is 38.5 Å². The average Bonchev–Trinajstić information content (AvgIpc) is 2.68. The van der Waals surface area contributed by atoms with Crippen LogP contribution in [0.15, 0.2) is 29.2 Å². The molecule has 2 rings (SSSR count). The number of nitrogens with zero attached hydrogens (tertiary/aromatic N) is 1. The lowest BCUT2D eigenvalue weighted by molar-refractivity contribution is -0.121. The zero-order valence-electron chi connectivity index (χ0n) is 17.3. The summed E-state index contributed by atoms with van der Waals surface area (Å²) in [5.41, 5.74) is 1.07. The van der Waals surface area contributed by atoms with Crippen molar-refractivity contribution in [3.8, 4) is 0 Å². The maximum atomic E-state index is 12.3. The summed E-state index contributed by atoms with van der Waals surface area (Å²) < 4.78 is 32.1. The number of sulfonamides is 1. The molecule has 8 nitrogen and oxygen atoms in total. The molecule has 1 aromatic carbocycles. The smallest absolute Gasteiger partial charge is 0.409 e. The van der Waals surface area contributed by atoms with Gasteiger partial charge in [-0.3, -0.25) is 4.79 Å². The van der Waals surface area contributed by atoms with Crippen molar-refractivity contribution in [2.45, 2.75) is 56.9 Å². The molecule has 1 aromatic rings. The molecular formula is C20H31N3O5S. The minimum atomic E-state index is -3.64. The summed E-state index contributed by atoms with van der Waals surface area (Å²) in [5.74, 6) is 0.116. The van der Waals surface area contributed by atoms with Crippen LogP contribution in [0.25, 0.3) is 0 Å². The van der Waals surface area contributed by atoms with Crippen LogP contribution in [-0.2, 0) is 19.6 Å². The van der Waals surface area contributed by atoms with E-state index in [1.54, 1.807) is 36.1 Å². The highest BCUT2D eigenvalue weighted by Crippen LogP contribution is 2.17. The summed E-state index contributed by atoms with van der Waals surface area (Å²) in [4.78, 5) is 25.6. The van der Waals surface area contributed by atoms with Crippen LogP contribution in [-0.4, -0.2) is 57.6 Å². The van der Waals surface area contributed by atoms with Gasteiger partial charge in [0.05, 0.1) is 11.5 Å². The number of amides is 2. The van der Waals surface area contributed by atoms with E-state index in [4.69, 9.17) is 4.74 Å². The lowest BCUT2D eigenvalue weighted by Gasteiger charge is -2.31. The van der Waals surface area contributed by atoms with Crippen molar-refractivity contribution >= 4 is 22.0 Å². The third-order valence-electron chi connectivity index (χ3n) is 4.89. The summed E-state index contributed by atoms with van der Waals surface area (Å²) in [7, 11) is -3.64. The Labute approximate surface area is 173 Å². The Morgan fingerprint density at radius 3 is 2.34 bits per heavy atom. The zero-order chi connectivity index (χ0) is 21.4. The molecule has 0 atom stereocenters. The molecule has 0 spiro atoms. The number of carbonyl (C=O) groups excluding carboxylic acids is 2. The Hall–Kier alpha value is -2.13. The van der Waals surface area contributed by atoms with Crippen LogP contribution in [0.3, 0.4) is 0 Å². The molecule has 1 fully saturated rings. The monoisotopic (exact) mass is 425 g/mol. The van der Waals surface area contributed by atoms with Gasteiger partial charge in [0.1, 0.15) is 0 Å². The van der Waals surface area contributed by atoms with Crippen molar-refractivity contribution in [2.75, 3.05) is 26.2 Å². The number of rotatable bonds is 8. The first-order valence-corrected chi connectivity index (χ1v) is 11.5. The van der Waals surface area contributed by atoms with Gasteiger partial charge < -0.3 is 15.0 Å². The number of ether oxygens (including phenoxy) is 1. The first-order valence-electron chi connectivity index (χ1n) is 10.0. The first-order chi connectivity index (χ1) is 13.7. The van der Waals surface area contributed by atoms with E-state index in [2.05, 4.69) is 10.0 Å².